The number of rotatable bonds is 6. The molecule has 1 fully saturated rings. The molecule has 0 saturated carbocycles. The summed E-state index contributed by atoms with van der Waals surface area (Å²) in [6.07, 6.45) is 5.02. The zero-order valence-electron chi connectivity index (χ0n) is 20.0. The van der Waals surface area contributed by atoms with Crippen LogP contribution >= 0.6 is 11.6 Å². The number of nitro groups is 1. The highest BCUT2D eigenvalue weighted by Crippen LogP contribution is 2.33. The van der Waals surface area contributed by atoms with Gasteiger partial charge in [-0.25, -0.2) is 9.97 Å². The topological polar surface area (TPSA) is 115 Å². The van der Waals surface area contributed by atoms with E-state index in [9.17, 15) is 10.1 Å². The molecule has 2 N–H and O–H groups in total. The van der Waals surface area contributed by atoms with E-state index in [1.54, 1.807) is 30.5 Å². The predicted octanol–water partition coefficient (Wildman–Crippen LogP) is 5.40. The second-order valence-electron chi connectivity index (χ2n) is 8.86. The molecule has 0 spiro atoms. The molecule has 1 atom stereocenters. The molecular formula is C27H23ClN6O3. The Hall–Kier alpha value is -4.26. The third kappa shape index (κ3) is 5.61. The number of halogens is 1. The highest BCUT2D eigenvalue weighted by atomic mass is 35.5. The average Bonchev–Trinajstić information content (AvgIpc) is 3.34. The Morgan fingerprint density at radius 1 is 1.22 bits per heavy atom. The Morgan fingerprint density at radius 3 is 2.84 bits per heavy atom. The highest BCUT2D eigenvalue weighted by molar-refractivity contribution is 6.32. The summed E-state index contributed by atoms with van der Waals surface area (Å²) in [6, 6.07) is 13.9. The van der Waals surface area contributed by atoms with Crippen molar-refractivity contribution < 1.29 is 9.66 Å². The van der Waals surface area contributed by atoms with Gasteiger partial charge in [0.1, 0.15) is 30.1 Å². The summed E-state index contributed by atoms with van der Waals surface area (Å²) in [7, 11) is 0. The maximum atomic E-state index is 11.9. The number of anilines is 2. The van der Waals surface area contributed by atoms with Crippen LogP contribution < -0.4 is 15.4 Å². The van der Waals surface area contributed by atoms with E-state index in [0.717, 1.165) is 25.1 Å². The van der Waals surface area contributed by atoms with Crippen molar-refractivity contribution in [2.75, 3.05) is 11.9 Å². The Bertz CT molecular complexity index is 1530. The third-order valence-corrected chi connectivity index (χ3v) is 6.38. The molecule has 0 amide bonds. The van der Waals surface area contributed by atoms with Gasteiger partial charge in [0.2, 0.25) is 0 Å². The van der Waals surface area contributed by atoms with E-state index in [2.05, 4.69) is 37.4 Å². The highest BCUT2D eigenvalue weighted by Gasteiger charge is 2.26. The number of nitrogens with one attached hydrogen (secondary N) is 2. The first-order valence-corrected chi connectivity index (χ1v) is 12.1. The van der Waals surface area contributed by atoms with Crippen LogP contribution in [0.4, 0.5) is 17.2 Å². The minimum atomic E-state index is -0.435. The van der Waals surface area contributed by atoms with Crippen molar-refractivity contribution in [3.05, 3.63) is 87.4 Å². The number of nitrogens with zero attached hydrogens (tertiary/aromatic N) is 4. The summed E-state index contributed by atoms with van der Waals surface area (Å²) < 4.78 is 5.78. The molecule has 9 nitrogen and oxygen atoms in total. The van der Waals surface area contributed by atoms with E-state index in [-0.39, 0.29) is 17.8 Å². The van der Waals surface area contributed by atoms with Gasteiger partial charge < -0.3 is 15.4 Å². The Labute approximate surface area is 218 Å². The number of aromatic nitrogens is 3. The van der Waals surface area contributed by atoms with E-state index < -0.39 is 4.92 Å². The van der Waals surface area contributed by atoms with Crippen LogP contribution in [0.1, 0.15) is 31.0 Å². The lowest BCUT2D eigenvalue weighted by Gasteiger charge is -2.15. The van der Waals surface area contributed by atoms with Crippen LogP contribution in [-0.4, -0.2) is 32.0 Å². The molecule has 3 heterocycles. The smallest absolute Gasteiger partial charge is 0.285 e. The first-order valence-electron chi connectivity index (χ1n) is 11.7. The van der Waals surface area contributed by atoms with E-state index in [4.69, 9.17) is 16.3 Å². The molecule has 10 heteroatoms. The SMILES string of the molecule is CC1(C#Cc2cc3ncnc(Nc4ccc(OCc5ccccn5)c(Cl)c4)c3cc2[N+](=O)[O-])CCCN1. The molecule has 1 aliphatic rings. The molecule has 186 valence electrons. The van der Waals surface area contributed by atoms with Gasteiger partial charge in [-0.1, -0.05) is 29.5 Å². The van der Waals surface area contributed by atoms with Crippen molar-refractivity contribution >= 4 is 39.7 Å². The van der Waals surface area contributed by atoms with Gasteiger partial charge in [-0.15, -0.1) is 0 Å². The minimum absolute atomic E-state index is 0.101. The van der Waals surface area contributed by atoms with Gasteiger partial charge in [0, 0.05) is 23.3 Å². The van der Waals surface area contributed by atoms with Crippen LogP contribution in [0.15, 0.2) is 61.1 Å². The van der Waals surface area contributed by atoms with E-state index in [1.807, 2.05) is 25.1 Å². The van der Waals surface area contributed by atoms with Gasteiger partial charge in [0.25, 0.3) is 5.69 Å². The van der Waals surface area contributed by atoms with E-state index >= 15 is 0 Å². The van der Waals surface area contributed by atoms with Crippen molar-refractivity contribution in [2.45, 2.75) is 31.9 Å². The number of nitro benzene ring substituents is 1. The zero-order valence-corrected chi connectivity index (χ0v) is 20.7. The largest absolute Gasteiger partial charge is 0.486 e. The quantitative estimate of drug-likeness (QED) is 0.199. The molecule has 2 aromatic carbocycles. The minimum Gasteiger partial charge on any atom is -0.486 e. The summed E-state index contributed by atoms with van der Waals surface area (Å²) in [5, 5.41) is 19.3. The van der Waals surface area contributed by atoms with Crippen molar-refractivity contribution in [1.29, 1.82) is 0 Å². The fourth-order valence-electron chi connectivity index (χ4n) is 4.12. The molecule has 1 saturated heterocycles. The molecule has 2 aromatic heterocycles. The number of pyridine rings is 1. The van der Waals surface area contributed by atoms with Crippen LogP contribution in [0.3, 0.4) is 0 Å². The maximum absolute atomic E-state index is 11.9. The monoisotopic (exact) mass is 514 g/mol. The zero-order chi connectivity index (χ0) is 25.8. The van der Waals surface area contributed by atoms with E-state index in [1.165, 1.54) is 12.4 Å². The van der Waals surface area contributed by atoms with Crippen molar-refractivity contribution in [3.63, 3.8) is 0 Å². The molecule has 1 unspecified atom stereocenters. The fourth-order valence-corrected chi connectivity index (χ4v) is 4.35. The van der Waals surface area contributed by atoms with Gasteiger partial charge in [-0.05, 0) is 62.7 Å². The van der Waals surface area contributed by atoms with Gasteiger partial charge in [-0.3, -0.25) is 15.1 Å². The van der Waals surface area contributed by atoms with Gasteiger partial charge in [-0.2, -0.15) is 0 Å². The predicted molar refractivity (Wildman–Crippen MR) is 142 cm³/mol. The lowest BCUT2D eigenvalue weighted by Crippen LogP contribution is -2.34. The number of fused-ring (bicyclic) bond motifs is 1. The third-order valence-electron chi connectivity index (χ3n) is 6.09. The lowest BCUT2D eigenvalue weighted by molar-refractivity contribution is -0.385. The molecule has 0 bridgehead atoms. The van der Waals surface area contributed by atoms with Crippen LogP contribution in [0, 0.1) is 22.0 Å². The normalized spacial score (nSPS) is 16.7. The molecule has 5 rings (SSSR count). The van der Waals surface area contributed by atoms with Crippen LogP contribution in [-0.2, 0) is 6.61 Å². The number of benzene rings is 2. The van der Waals surface area contributed by atoms with Gasteiger partial charge in [0.05, 0.1) is 26.7 Å². The summed E-state index contributed by atoms with van der Waals surface area (Å²) in [4.78, 5) is 24.3. The summed E-state index contributed by atoms with van der Waals surface area (Å²) in [5.41, 5.74) is 1.83. The maximum Gasteiger partial charge on any atom is 0.285 e. The molecule has 0 aliphatic carbocycles. The Kier molecular flexibility index (Phi) is 6.86. The number of hydrogen-bond donors (Lipinski definition) is 2. The summed E-state index contributed by atoms with van der Waals surface area (Å²) >= 11 is 6.44. The molecule has 4 aromatic rings. The van der Waals surface area contributed by atoms with Crippen LogP contribution in [0.25, 0.3) is 10.9 Å². The van der Waals surface area contributed by atoms with Crippen molar-refractivity contribution in [2.24, 2.45) is 0 Å². The molecule has 0 radical (unpaired) electrons. The van der Waals surface area contributed by atoms with Crippen LogP contribution in [0.2, 0.25) is 5.02 Å². The second kappa shape index (κ2) is 10.4. The van der Waals surface area contributed by atoms with E-state index in [0.29, 0.717) is 38.7 Å². The average molecular weight is 515 g/mol. The Balaban J connectivity index is 1.41. The number of hydrogen-bond acceptors (Lipinski definition) is 8. The molecule has 37 heavy (non-hydrogen) atoms. The standard InChI is InChI=1S/C27H23ClN6O3/c1-27(9-4-12-32-27)10-8-18-13-23-21(15-24(18)34(35)36)26(31-17-30-23)33-19-6-7-25(22(28)14-19)37-16-20-5-2-3-11-29-20/h2-3,5-7,11,13-15,17,32H,4,9,12,16H2,1H3,(H,30,31,33). The van der Waals surface area contributed by atoms with Gasteiger partial charge >= 0.3 is 0 Å². The summed E-state index contributed by atoms with van der Waals surface area (Å²) in [5.74, 6) is 7.09. The van der Waals surface area contributed by atoms with Crippen molar-refractivity contribution in [3.8, 4) is 17.6 Å². The first kappa shape index (κ1) is 24.4. The van der Waals surface area contributed by atoms with Gasteiger partial charge in [0.15, 0.2) is 0 Å². The molecule has 1 aliphatic heterocycles. The first-order chi connectivity index (χ1) is 17.9. The van der Waals surface area contributed by atoms with Crippen molar-refractivity contribution in [1.82, 2.24) is 20.3 Å². The Morgan fingerprint density at radius 2 is 2.11 bits per heavy atom. The fraction of sp³-hybridized carbons (Fsp3) is 0.222. The lowest BCUT2D eigenvalue weighted by atomic mass is 10.00. The molecular weight excluding hydrogens is 492 g/mol. The number of ether oxygens (including phenoxy) is 1. The second-order valence-corrected chi connectivity index (χ2v) is 9.27. The summed E-state index contributed by atoms with van der Waals surface area (Å²) in [6.45, 7) is 3.17. The van der Waals surface area contributed by atoms with Crippen LogP contribution in [0.5, 0.6) is 5.75 Å².